The van der Waals surface area contributed by atoms with Crippen molar-refractivity contribution in [3.05, 3.63) is 0 Å². The topological polar surface area (TPSA) is 107 Å². The Morgan fingerprint density at radius 3 is 2.31 bits per heavy atom. The molecule has 0 spiro atoms. The largest absolute Gasteiger partial charge is 2.00 e. The summed E-state index contributed by atoms with van der Waals surface area (Å²) >= 11 is 0. The molecule has 16 heavy (non-hydrogen) atoms. The number of carboxylic acid groups (broad SMARTS) is 1. The summed E-state index contributed by atoms with van der Waals surface area (Å²) in [6, 6.07) is 0. The Morgan fingerprint density at radius 1 is 1.44 bits per heavy atom. The van der Waals surface area contributed by atoms with E-state index in [0.29, 0.717) is 0 Å². The van der Waals surface area contributed by atoms with Gasteiger partial charge in [0.05, 0.1) is 13.0 Å². The maximum Gasteiger partial charge on any atom is 2.00 e. The van der Waals surface area contributed by atoms with Crippen molar-refractivity contribution in [1.82, 2.24) is 5.32 Å². The second-order valence-electron chi connectivity index (χ2n) is 3.98. The summed E-state index contributed by atoms with van der Waals surface area (Å²) in [6.45, 7) is 2.70. The number of carbonyl (C=O) groups excluding carboxylic acids is 1. The van der Waals surface area contributed by atoms with Crippen LogP contribution in [0.4, 0.5) is 0 Å². The minimum atomic E-state index is -1.35. The molecule has 0 aliphatic carbocycles. The fraction of sp³-hybridized carbons (Fsp3) is 0.778. The number of amides is 1. The Kier molecular flexibility index (Phi) is 8.81. The first-order chi connectivity index (χ1) is 6.81. The zero-order valence-corrected chi connectivity index (χ0v) is 11.0. The predicted molar refractivity (Wildman–Crippen MR) is 60.1 cm³/mol. The molecular formula is C9H19MgNO5. The summed E-state index contributed by atoms with van der Waals surface area (Å²) in [5.74, 6) is -1.69. The molecule has 1 amide bonds. The Balaban J connectivity index is -0.000000327. The van der Waals surface area contributed by atoms with Crippen LogP contribution >= 0.6 is 0 Å². The van der Waals surface area contributed by atoms with Gasteiger partial charge in [-0.15, -0.1) is 0 Å². The second-order valence-corrected chi connectivity index (χ2v) is 3.98. The maximum absolute atomic E-state index is 11.3. The minimum Gasteiger partial charge on any atom is -1.00 e. The van der Waals surface area contributed by atoms with Gasteiger partial charge in [-0.2, -0.15) is 0 Å². The van der Waals surface area contributed by atoms with Crippen molar-refractivity contribution in [3.63, 3.8) is 0 Å². The third-order valence-electron chi connectivity index (χ3n) is 2.03. The van der Waals surface area contributed by atoms with Gasteiger partial charge in [-0.25, -0.2) is 0 Å². The Labute approximate surface area is 113 Å². The standard InChI is InChI=1S/C9H17NO5.Mg.2H/c1-9(2,5-11)7(14)8(15)10-4-3-6(12)13;;;/h7,11,14H,3-5H2,1-2H3,(H,10,15)(H,12,13);;;/q;+2;2*-1. The summed E-state index contributed by atoms with van der Waals surface area (Å²) in [6.07, 6.45) is -1.55. The zero-order chi connectivity index (χ0) is 12.1. The fourth-order valence-corrected chi connectivity index (χ4v) is 0.831. The number of hydrogen-bond acceptors (Lipinski definition) is 4. The zero-order valence-electron chi connectivity index (χ0n) is 11.6. The van der Waals surface area contributed by atoms with Gasteiger partial charge in [-0.3, -0.25) is 9.59 Å². The van der Waals surface area contributed by atoms with Crippen molar-refractivity contribution in [2.75, 3.05) is 13.2 Å². The van der Waals surface area contributed by atoms with Crippen molar-refractivity contribution >= 4 is 34.9 Å². The van der Waals surface area contributed by atoms with E-state index in [1.165, 1.54) is 13.8 Å². The molecule has 4 N–H and O–H groups in total. The first kappa shape index (κ1) is 18.0. The van der Waals surface area contributed by atoms with Crippen LogP contribution < -0.4 is 5.32 Å². The minimum absolute atomic E-state index is 0. The van der Waals surface area contributed by atoms with Gasteiger partial charge in [0.2, 0.25) is 5.91 Å². The number of aliphatic hydroxyl groups excluding tert-OH is 2. The van der Waals surface area contributed by atoms with E-state index in [2.05, 4.69) is 5.32 Å². The van der Waals surface area contributed by atoms with Crippen LogP contribution in [0.1, 0.15) is 23.1 Å². The van der Waals surface area contributed by atoms with E-state index in [4.69, 9.17) is 10.2 Å². The number of hydrogen-bond donors (Lipinski definition) is 4. The van der Waals surface area contributed by atoms with Crippen LogP contribution in [0.2, 0.25) is 0 Å². The van der Waals surface area contributed by atoms with Crippen molar-refractivity contribution < 1.29 is 27.8 Å². The average molecular weight is 246 g/mol. The van der Waals surface area contributed by atoms with Crippen molar-refractivity contribution in [2.24, 2.45) is 5.41 Å². The first-order valence-electron chi connectivity index (χ1n) is 4.59. The van der Waals surface area contributed by atoms with Gasteiger partial charge < -0.3 is 23.5 Å². The molecule has 0 fully saturated rings. The molecule has 7 heteroatoms. The van der Waals surface area contributed by atoms with Crippen LogP contribution in [-0.2, 0) is 9.59 Å². The third-order valence-corrected chi connectivity index (χ3v) is 2.03. The molecule has 0 rings (SSSR count). The van der Waals surface area contributed by atoms with Crippen LogP contribution in [0.25, 0.3) is 0 Å². The number of aliphatic carboxylic acids is 1. The molecule has 0 aliphatic heterocycles. The van der Waals surface area contributed by atoms with E-state index in [1.54, 1.807) is 0 Å². The Morgan fingerprint density at radius 2 is 1.94 bits per heavy atom. The Hall–Kier alpha value is -0.374. The summed E-state index contributed by atoms with van der Waals surface area (Å²) in [5.41, 5.74) is -0.937. The summed E-state index contributed by atoms with van der Waals surface area (Å²) < 4.78 is 0. The van der Waals surface area contributed by atoms with Crippen LogP contribution in [0.15, 0.2) is 0 Å². The number of rotatable bonds is 6. The van der Waals surface area contributed by atoms with Gasteiger partial charge in [-0.1, -0.05) is 13.8 Å². The van der Waals surface area contributed by atoms with Gasteiger partial charge in [0.25, 0.3) is 0 Å². The number of nitrogens with one attached hydrogen (secondary N) is 1. The fourth-order valence-electron chi connectivity index (χ4n) is 0.831. The number of aliphatic hydroxyl groups is 2. The average Bonchev–Trinajstić information content (AvgIpc) is 2.15. The van der Waals surface area contributed by atoms with Gasteiger partial charge in [0.15, 0.2) is 0 Å². The maximum atomic E-state index is 11.3. The molecule has 0 bridgehead atoms. The molecule has 0 aromatic carbocycles. The van der Waals surface area contributed by atoms with Crippen molar-refractivity contribution in [1.29, 1.82) is 0 Å². The van der Waals surface area contributed by atoms with Crippen LogP contribution in [0.5, 0.6) is 0 Å². The van der Waals surface area contributed by atoms with E-state index < -0.39 is 23.4 Å². The van der Waals surface area contributed by atoms with Crippen LogP contribution in [0, 0.1) is 5.41 Å². The number of carbonyl (C=O) groups is 2. The molecule has 0 aromatic heterocycles. The van der Waals surface area contributed by atoms with E-state index in [0.717, 1.165) is 0 Å². The van der Waals surface area contributed by atoms with Gasteiger partial charge in [0, 0.05) is 12.0 Å². The molecule has 0 saturated heterocycles. The van der Waals surface area contributed by atoms with Crippen molar-refractivity contribution in [2.45, 2.75) is 26.4 Å². The van der Waals surface area contributed by atoms with Gasteiger partial charge in [0.1, 0.15) is 6.10 Å². The smallest absolute Gasteiger partial charge is 1.00 e. The molecule has 0 saturated carbocycles. The SMILES string of the molecule is CC(C)(CO)C(O)C(=O)NCCC(=O)O.[H-].[H-].[Mg+2]. The summed E-state index contributed by atoms with van der Waals surface area (Å²) in [5, 5.41) is 29.0. The molecule has 0 aromatic rings. The Bertz CT molecular complexity index is 253. The van der Waals surface area contributed by atoms with E-state index in [1.807, 2.05) is 0 Å². The predicted octanol–water partition coefficient (Wildman–Crippen LogP) is -1.20. The molecule has 6 nitrogen and oxygen atoms in total. The first-order valence-corrected chi connectivity index (χ1v) is 4.59. The molecule has 92 valence electrons. The summed E-state index contributed by atoms with van der Waals surface area (Å²) in [7, 11) is 0. The summed E-state index contributed by atoms with van der Waals surface area (Å²) in [4.78, 5) is 21.4. The monoisotopic (exact) mass is 245 g/mol. The molecule has 0 radical (unpaired) electrons. The van der Waals surface area contributed by atoms with Crippen LogP contribution in [0.3, 0.4) is 0 Å². The number of carboxylic acids is 1. The normalized spacial score (nSPS) is 12.5. The third kappa shape index (κ3) is 6.26. The van der Waals surface area contributed by atoms with E-state index >= 15 is 0 Å². The van der Waals surface area contributed by atoms with E-state index in [9.17, 15) is 14.7 Å². The molecule has 0 heterocycles. The van der Waals surface area contributed by atoms with Gasteiger partial charge in [-0.05, 0) is 0 Å². The van der Waals surface area contributed by atoms with Crippen LogP contribution in [-0.4, -0.2) is 69.5 Å². The van der Waals surface area contributed by atoms with E-state index in [-0.39, 0.29) is 45.5 Å². The second kappa shape index (κ2) is 7.83. The van der Waals surface area contributed by atoms with Gasteiger partial charge >= 0.3 is 29.0 Å². The quantitative estimate of drug-likeness (QED) is 0.440. The molecule has 1 atom stereocenters. The van der Waals surface area contributed by atoms with Crippen molar-refractivity contribution in [3.8, 4) is 0 Å². The molecule has 0 aliphatic rings. The molecule has 1 unspecified atom stereocenters. The molecular weight excluding hydrogens is 226 g/mol.